The molecule has 4 rings (SSSR count). The molecule has 1 aliphatic rings. The van der Waals surface area contributed by atoms with Gasteiger partial charge in [-0.1, -0.05) is 54.1 Å². The molecule has 1 atom stereocenters. The van der Waals surface area contributed by atoms with Crippen LogP contribution in [0.25, 0.3) is 10.8 Å². The lowest BCUT2D eigenvalue weighted by molar-refractivity contribution is -0.384. The summed E-state index contributed by atoms with van der Waals surface area (Å²) in [7, 11) is -3.26. The van der Waals surface area contributed by atoms with Crippen molar-refractivity contribution >= 4 is 43.8 Å². The Balaban J connectivity index is 1.77. The number of carbonyl (C=O) groups is 1. The molecule has 0 radical (unpaired) electrons. The van der Waals surface area contributed by atoms with Crippen LogP contribution in [0.5, 0.6) is 0 Å². The first kappa shape index (κ1) is 21.3. The number of hydrogen-bond acceptors (Lipinski definition) is 5. The molecule has 3 aromatic carbocycles. The second-order valence-electron chi connectivity index (χ2n) is 7.55. The zero-order valence-electron chi connectivity index (χ0n) is 16.4. The summed E-state index contributed by atoms with van der Waals surface area (Å²) in [4.78, 5) is 25.6. The number of carbonyl (C=O) groups excluding carboxylic acids is 1. The van der Waals surface area contributed by atoms with Gasteiger partial charge in [-0.15, -0.1) is 0 Å². The lowest BCUT2D eigenvalue weighted by Gasteiger charge is -2.29. The van der Waals surface area contributed by atoms with Crippen LogP contribution in [-0.2, 0) is 16.4 Å². The minimum Gasteiger partial charge on any atom is -0.330 e. The van der Waals surface area contributed by atoms with Gasteiger partial charge < -0.3 is 4.90 Å². The molecular formula is C22H19ClN2O5S. The summed E-state index contributed by atoms with van der Waals surface area (Å²) in [5.41, 5.74) is 0.592. The predicted octanol–water partition coefficient (Wildman–Crippen LogP) is 4.23. The topological polar surface area (TPSA) is 97.6 Å². The summed E-state index contributed by atoms with van der Waals surface area (Å²) < 4.78 is 24.3. The molecule has 0 saturated carbocycles. The number of sulfone groups is 1. The summed E-state index contributed by atoms with van der Waals surface area (Å²) in [6, 6.07) is 16.6. The van der Waals surface area contributed by atoms with Crippen molar-refractivity contribution in [1.29, 1.82) is 0 Å². The maximum absolute atomic E-state index is 13.5. The maximum Gasteiger partial charge on any atom is 0.270 e. The first-order chi connectivity index (χ1) is 14.7. The fraction of sp³-hybridized carbons (Fsp3) is 0.227. The van der Waals surface area contributed by atoms with Crippen LogP contribution in [0.15, 0.2) is 60.7 Å². The average Bonchev–Trinajstić information content (AvgIpc) is 3.11. The minimum atomic E-state index is -3.26. The fourth-order valence-electron chi connectivity index (χ4n) is 3.95. The van der Waals surface area contributed by atoms with Crippen LogP contribution >= 0.6 is 11.6 Å². The molecule has 1 fully saturated rings. The van der Waals surface area contributed by atoms with E-state index in [0.29, 0.717) is 6.42 Å². The Labute approximate surface area is 184 Å². The van der Waals surface area contributed by atoms with E-state index in [2.05, 4.69) is 0 Å². The highest BCUT2D eigenvalue weighted by atomic mass is 35.5. The number of hydrogen-bond donors (Lipinski definition) is 0. The molecule has 0 bridgehead atoms. The van der Waals surface area contributed by atoms with Crippen molar-refractivity contribution in [2.45, 2.75) is 19.0 Å². The van der Waals surface area contributed by atoms with Gasteiger partial charge in [-0.2, -0.15) is 0 Å². The summed E-state index contributed by atoms with van der Waals surface area (Å²) in [6.07, 6.45) is 0.311. The molecule has 1 unspecified atom stereocenters. The van der Waals surface area contributed by atoms with Gasteiger partial charge in [0.25, 0.3) is 11.6 Å². The van der Waals surface area contributed by atoms with Crippen molar-refractivity contribution in [2.24, 2.45) is 0 Å². The van der Waals surface area contributed by atoms with Crippen LogP contribution in [0.2, 0.25) is 5.02 Å². The Bertz CT molecular complexity index is 1290. The molecule has 3 aromatic rings. The highest BCUT2D eigenvalue weighted by Gasteiger charge is 2.36. The molecule has 1 heterocycles. The second kappa shape index (κ2) is 8.28. The predicted molar refractivity (Wildman–Crippen MR) is 119 cm³/mol. The summed E-state index contributed by atoms with van der Waals surface area (Å²) in [6.45, 7) is 0.166. The normalized spacial score (nSPS) is 17.5. The van der Waals surface area contributed by atoms with E-state index >= 15 is 0 Å². The van der Waals surface area contributed by atoms with Crippen molar-refractivity contribution < 1.29 is 18.1 Å². The maximum atomic E-state index is 13.5. The van der Waals surface area contributed by atoms with Crippen LogP contribution in [-0.4, -0.2) is 41.7 Å². The third-order valence-corrected chi connectivity index (χ3v) is 7.60. The number of fused-ring (bicyclic) bond motifs is 1. The Morgan fingerprint density at radius 1 is 1.13 bits per heavy atom. The SMILES string of the molecule is O=C(c1cc([N+](=O)[O-])ccc1Cl)N(Cc1cccc2ccccc12)C1CCS(=O)(=O)C1. The lowest BCUT2D eigenvalue weighted by atomic mass is 10.0. The molecule has 1 amide bonds. The van der Waals surface area contributed by atoms with E-state index in [0.717, 1.165) is 22.4 Å². The number of rotatable bonds is 5. The molecule has 0 aliphatic carbocycles. The zero-order chi connectivity index (χ0) is 22.2. The summed E-state index contributed by atoms with van der Waals surface area (Å²) in [5, 5.41) is 13.2. The van der Waals surface area contributed by atoms with E-state index in [4.69, 9.17) is 11.6 Å². The fourth-order valence-corrected chi connectivity index (χ4v) is 5.88. The van der Waals surface area contributed by atoms with E-state index in [1.165, 1.54) is 17.0 Å². The number of non-ortho nitro benzene ring substituents is 1. The van der Waals surface area contributed by atoms with Gasteiger partial charge in [-0.3, -0.25) is 14.9 Å². The van der Waals surface area contributed by atoms with Crippen LogP contribution in [0, 0.1) is 10.1 Å². The first-order valence-corrected chi connectivity index (χ1v) is 11.9. The minimum absolute atomic E-state index is 0.000344. The van der Waals surface area contributed by atoms with Gasteiger partial charge in [-0.05, 0) is 28.8 Å². The largest absolute Gasteiger partial charge is 0.330 e. The summed E-state index contributed by atoms with van der Waals surface area (Å²) >= 11 is 6.21. The molecule has 0 N–H and O–H groups in total. The van der Waals surface area contributed by atoms with Gasteiger partial charge in [0.05, 0.1) is 27.0 Å². The standard InChI is InChI=1S/C22H19ClN2O5S/c23-21-9-8-17(25(27)28)12-20(21)22(26)24(18-10-11-31(29,30)14-18)13-16-6-3-5-15-4-1-2-7-19(15)16/h1-9,12,18H,10-11,13-14H2. The van der Waals surface area contributed by atoms with Gasteiger partial charge in [0.15, 0.2) is 9.84 Å². The van der Waals surface area contributed by atoms with Gasteiger partial charge in [0.2, 0.25) is 0 Å². The smallest absolute Gasteiger partial charge is 0.270 e. The van der Waals surface area contributed by atoms with Crippen LogP contribution in [0.3, 0.4) is 0 Å². The molecule has 31 heavy (non-hydrogen) atoms. The Kier molecular flexibility index (Phi) is 5.68. The molecule has 1 aliphatic heterocycles. The van der Waals surface area contributed by atoms with Gasteiger partial charge in [0, 0.05) is 24.7 Å². The molecule has 7 nitrogen and oxygen atoms in total. The van der Waals surface area contributed by atoms with E-state index in [1.54, 1.807) is 0 Å². The number of amides is 1. The zero-order valence-corrected chi connectivity index (χ0v) is 18.0. The van der Waals surface area contributed by atoms with E-state index in [9.17, 15) is 23.3 Å². The molecule has 0 aromatic heterocycles. The lowest BCUT2D eigenvalue weighted by Crippen LogP contribution is -2.40. The van der Waals surface area contributed by atoms with Gasteiger partial charge >= 0.3 is 0 Å². The number of nitro groups is 1. The van der Waals surface area contributed by atoms with E-state index in [-0.39, 0.29) is 34.3 Å². The quantitative estimate of drug-likeness (QED) is 0.421. The Morgan fingerprint density at radius 2 is 1.87 bits per heavy atom. The van der Waals surface area contributed by atoms with Crippen LogP contribution < -0.4 is 0 Å². The first-order valence-electron chi connectivity index (χ1n) is 9.67. The third kappa shape index (κ3) is 4.40. The molecule has 0 spiro atoms. The summed E-state index contributed by atoms with van der Waals surface area (Å²) in [5.74, 6) is -0.667. The van der Waals surface area contributed by atoms with Crippen molar-refractivity contribution in [1.82, 2.24) is 4.90 Å². The highest BCUT2D eigenvalue weighted by molar-refractivity contribution is 7.91. The van der Waals surface area contributed by atoms with Crippen LogP contribution in [0.1, 0.15) is 22.3 Å². The third-order valence-electron chi connectivity index (χ3n) is 5.52. The van der Waals surface area contributed by atoms with Crippen molar-refractivity contribution in [3.8, 4) is 0 Å². The van der Waals surface area contributed by atoms with Crippen molar-refractivity contribution in [3.05, 3.63) is 86.9 Å². The van der Waals surface area contributed by atoms with E-state index < -0.39 is 26.7 Å². The second-order valence-corrected chi connectivity index (χ2v) is 10.2. The van der Waals surface area contributed by atoms with Gasteiger partial charge in [0.1, 0.15) is 0 Å². The number of halogens is 1. The van der Waals surface area contributed by atoms with Crippen LogP contribution in [0.4, 0.5) is 5.69 Å². The molecule has 1 saturated heterocycles. The monoisotopic (exact) mass is 458 g/mol. The molecule has 9 heteroatoms. The van der Waals surface area contributed by atoms with Gasteiger partial charge in [-0.25, -0.2) is 8.42 Å². The van der Waals surface area contributed by atoms with Crippen molar-refractivity contribution in [3.63, 3.8) is 0 Å². The molecular weight excluding hydrogens is 440 g/mol. The average molecular weight is 459 g/mol. The van der Waals surface area contributed by atoms with Crippen molar-refractivity contribution in [2.75, 3.05) is 11.5 Å². The Morgan fingerprint density at radius 3 is 2.58 bits per heavy atom. The number of nitrogens with zero attached hydrogens (tertiary/aromatic N) is 2. The Hall–Kier alpha value is -2.97. The number of benzene rings is 3. The highest BCUT2D eigenvalue weighted by Crippen LogP contribution is 2.29. The molecule has 160 valence electrons. The van der Waals surface area contributed by atoms with E-state index in [1.807, 2.05) is 42.5 Å². The number of nitro benzene ring substituents is 1.